The van der Waals surface area contributed by atoms with Gasteiger partial charge in [-0.05, 0) is 30.9 Å². The van der Waals surface area contributed by atoms with Crippen LogP contribution in [0.3, 0.4) is 0 Å². The number of carbonyl (C=O) groups is 1. The van der Waals surface area contributed by atoms with E-state index in [-0.39, 0.29) is 0 Å². The van der Waals surface area contributed by atoms with Crippen molar-refractivity contribution in [3.05, 3.63) is 29.8 Å². The molecule has 0 atom stereocenters. The van der Waals surface area contributed by atoms with Gasteiger partial charge >= 0.3 is 5.97 Å². The van der Waals surface area contributed by atoms with Gasteiger partial charge in [0.15, 0.2) is 0 Å². The van der Waals surface area contributed by atoms with E-state index < -0.39 is 17.2 Å². The number of pyridine rings is 1. The van der Waals surface area contributed by atoms with Crippen molar-refractivity contribution in [2.75, 3.05) is 0 Å². The zero-order chi connectivity index (χ0) is 13.0. The molecule has 2 rings (SSSR count). The first-order valence-electron chi connectivity index (χ1n) is 6.45. The van der Waals surface area contributed by atoms with Gasteiger partial charge in [0.05, 0.1) is 11.6 Å². The fraction of sp³-hybridized carbons (Fsp3) is 0.571. The molecule has 0 aromatic carbocycles. The molecule has 0 radical (unpaired) electrons. The Hall–Kier alpha value is -1.45. The summed E-state index contributed by atoms with van der Waals surface area (Å²) in [7, 11) is 0. The number of halogens is 1. The number of aliphatic carboxylic acids is 1. The number of nitrogens with zero attached hydrogens (tertiary/aromatic N) is 1. The summed E-state index contributed by atoms with van der Waals surface area (Å²) in [6.07, 6.45) is 8.52. The highest BCUT2D eigenvalue weighted by atomic mass is 19.1. The first kappa shape index (κ1) is 13.0. The second-order valence-electron chi connectivity index (χ2n) is 5.19. The largest absolute Gasteiger partial charge is 0.481 e. The highest BCUT2D eigenvalue weighted by Crippen LogP contribution is 2.38. The second kappa shape index (κ2) is 5.46. The number of carboxylic acid groups (broad SMARTS) is 1. The fourth-order valence-electron chi connectivity index (χ4n) is 2.81. The maximum absolute atomic E-state index is 13.1. The van der Waals surface area contributed by atoms with E-state index in [2.05, 4.69) is 4.98 Å². The second-order valence-corrected chi connectivity index (χ2v) is 5.19. The summed E-state index contributed by atoms with van der Waals surface area (Å²) >= 11 is 0. The Bertz CT molecular complexity index is 426. The van der Waals surface area contributed by atoms with Crippen molar-refractivity contribution in [1.82, 2.24) is 4.98 Å². The van der Waals surface area contributed by atoms with Crippen LogP contribution < -0.4 is 0 Å². The lowest BCUT2D eigenvalue weighted by Crippen LogP contribution is -2.33. The third-order valence-corrected chi connectivity index (χ3v) is 3.82. The summed E-state index contributed by atoms with van der Waals surface area (Å²) in [5, 5.41) is 9.53. The van der Waals surface area contributed by atoms with Crippen molar-refractivity contribution in [3.8, 4) is 0 Å². The van der Waals surface area contributed by atoms with Crippen LogP contribution in [0.25, 0.3) is 0 Å². The summed E-state index contributed by atoms with van der Waals surface area (Å²) in [5.74, 6) is -1.16. The molecule has 1 aliphatic rings. The Kier molecular flexibility index (Phi) is 3.94. The number of rotatable bonds is 3. The maximum atomic E-state index is 13.1. The summed E-state index contributed by atoms with van der Waals surface area (Å²) in [4.78, 5) is 15.4. The molecule has 4 heteroatoms. The van der Waals surface area contributed by atoms with Crippen LogP contribution in [0.1, 0.15) is 44.1 Å². The molecule has 98 valence electrons. The van der Waals surface area contributed by atoms with Gasteiger partial charge in [0, 0.05) is 6.20 Å². The van der Waals surface area contributed by atoms with Crippen LogP contribution in [-0.4, -0.2) is 16.1 Å². The van der Waals surface area contributed by atoms with E-state index in [9.17, 15) is 14.3 Å². The van der Waals surface area contributed by atoms with Crippen molar-refractivity contribution in [2.24, 2.45) is 5.41 Å². The molecule has 0 saturated heterocycles. The molecule has 1 fully saturated rings. The molecule has 0 unspecified atom stereocenters. The topological polar surface area (TPSA) is 50.2 Å². The number of hydrogen-bond donors (Lipinski definition) is 1. The van der Waals surface area contributed by atoms with Crippen LogP contribution in [-0.2, 0) is 11.2 Å². The van der Waals surface area contributed by atoms with Crippen LogP contribution >= 0.6 is 0 Å². The zero-order valence-electron chi connectivity index (χ0n) is 10.4. The molecule has 3 nitrogen and oxygen atoms in total. The normalized spacial score (nSPS) is 19.2. The quantitative estimate of drug-likeness (QED) is 0.839. The Morgan fingerprint density at radius 2 is 1.94 bits per heavy atom. The summed E-state index contributed by atoms with van der Waals surface area (Å²) < 4.78 is 13.1. The van der Waals surface area contributed by atoms with E-state index >= 15 is 0 Å². The molecule has 1 N–H and O–H groups in total. The van der Waals surface area contributed by atoms with Gasteiger partial charge < -0.3 is 5.11 Å². The molecular weight excluding hydrogens is 233 g/mol. The molecule has 0 bridgehead atoms. The molecule has 0 spiro atoms. The minimum absolute atomic E-state index is 0.382. The first-order valence-corrected chi connectivity index (χ1v) is 6.45. The van der Waals surface area contributed by atoms with Gasteiger partial charge in [-0.1, -0.05) is 25.7 Å². The standard InChI is InChI=1S/C14H18FNO2/c15-12-7-11(9-16-10-12)8-14(13(17)18)5-3-1-2-4-6-14/h7,9-10H,1-6,8H2,(H,17,18). The van der Waals surface area contributed by atoms with Gasteiger partial charge in [-0.15, -0.1) is 0 Å². The van der Waals surface area contributed by atoms with Gasteiger partial charge in [-0.3, -0.25) is 9.78 Å². The van der Waals surface area contributed by atoms with Gasteiger partial charge in [0.25, 0.3) is 0 Å². The summed E-state index contributed by atoms with van der Waals surface area (Å²) in [6, 6.07) is 1.39. The summed E-state index contributed by atoms with van der Waals surface area (Å²) in [6.45, 7) is 0. The van der Waals surface area contributed by atoms with Crippen molar-refractivity contribution in [2.45, 2.75) is 44.9 Å². The Labute approximate surface area is 106 Å². The highest BCUT2D eigenvalue weighted by molar-refractivity contribution is 5.75. The van der Waals surface area contributed by atoms with Gasteiger partial charge in [0.1, 0.15) is 5.82 Å². The lowest BCUT2D eigenvalue weighted by molar-refractivity contribution is -0.149. The van der Waals surface area contributed by atoms with Crippen LogP contribution in [0.4, 0.5) is 4.39 Å². The summed E-state index contributed by atoms with van der Waals surface area (Å²) in [5.41, 5.74) is -0.0503. The van der Waals surface area contributed by atoms with E-state index in [1.807, 2.05) is 0 Å². The number of hydrogen-bond acceptors (Lipinski definition) is 2. The van der Waals surface area contributed by atoms with Crippen LogP contribution in [0.2, 0.25) is 0 Å². The van der Waals surface area contributed by atoms with E-state index in [4.69, 9.17) is 0 Å². The molecule has 18 heavy (non-hydrogen) atoms. The number of aromatic nitrogens is 1. The van der Waals surface area contributed by atoms with E-state index in [1.165, 1.54) is 6.07 Å². The van der Waals surface area contributed by atoms with Gasteiger partial charge in [0.2, 0.25) is 0 Å². The molecule has 0 aliphatic heterocycles. The SMILES string of the molecule is O=C(O)C1(Cc2cncc(F)c2)CCCCCC1. The average Bonchev–Trinajstić information content (AvgIpc) is 2.55. The minimum Gasteiger partial charge on any atom is -0.481 e. The maximum Gasteiger partial charge on any atom is 0.309 e. The molecule has 1 aromatic heterocycles. The third-order valence-electron chi connectivity index (χ3n) is 3.82. The van der Waals surface area contributed by atoms with E-state index in [0.717, 1.165) is 31.9 Å². The van der Waals surface area contributed by atoms with Crippen molar-refractivity contribution >= 4 is 5.97 Å². The predicted octanol–water partition coefficient (Wildman–Crippen LogP) is 3.19. The first-order chi connectivity index (χ1) is 8.62. The Morgan fingerprint density at radius 1 is 1.28 bits per heavy atom. The monoisotopic (exact) mass is 251 g/mol. The Balaban J connectivity index is 2.22. The van der Waals surface area contributed by atoms with Crippen molar-refractivity contribution in [3.63, 3.8) is 0 Å². The Morgan fingerprint density at radius 3 is 2.50 bits per heavy atom. The lowest BCUT2D eigenvalue weighted by atomic mass is 9.75. The van der Waals surface area contributed by atoms with Crippen LogP contribution in [0, 0.1) is 11.2 Å². The third kappa shape index (κ3) is 2.86. The smallest absolute Gasteiger partial charge is 0.309 e. The van der Waals surface area contributed by atoms with Crippen LogP contribution in [0.5, 0.6) is 0 Å². The zero-order valence-corrected chi connectivity index (χ0v) is 10.4. The minimum atomic E-state index is -0.756. The van der Waals surface area contributed by atoms with Crippen LogP contribution in [0.15, 0.2) is 18.5 Å². The van der Waals surface area contributed by atoms with E-state index in [0.29, 0.717) is 24.8 Å². The lowest BCUT2D eigenvalue weighted by Gasteiger charge is -2.28. The average molecular weight is 251 g/mol. The van der Waals surface area contributed by atoms with Crippen molar-refractivity contribution in [1.29, 1.82) is 0 Å². The molecule has 0 amide bonds. The van der Waals surface area contributed by atoms with Gasteiger partial charge in [-0.25, -0.2) is 4.39 Å². The van der Waals surface area contributed by atoms with Gasteiger partial charge in [-0.2, -0.15) is 0 Å². The fourth-order valence-corrected chi connectivity index (χ4v) is 2.81. The van der Waals surface area contributed by atoms with E-state index in [1.54, 1.807) is 6.20 Å². The predicted molar refractivity (Wildman–Crippen MR) is 65.7 cm³/mol. The molecule has 1 aromatic rings. The highest BCUT2D eigenvalue weighted by Gasteiger charge is 2.38. The molecule has 1 heterocycles. The van der Waals surface area contributed by atoms with Crippen molar-refractivity contribution < 1.29 is 14.3 Å². The molecule has 1 saturated carbocycles. The number of carboxylic acids is 1. The molecule has 1 aliphatic carbocycles. The molecular formula is C14H18FNO2.